The Morgan fingerprint density at radius 1 is 1.03 bits per heavy atom. The topological polar surface area (TPSA) is 123 Å². The van der Waals surface area contributed by atoms with E-state index >= 15 is 0 Å². The lowest BCUT2D eigenvalue weighted by Crippen LogP contribution is -2.16. The Bertz CT molecular complexity index is 1290. The molecule has 0 aliphatic heterocycles. The van der Waals surface area contributed by atoms with Gasteiger partial charge in [0, 0.05) is 12.1 Å². The maximum absolute atomic E-state index is 13.1. The van der Waals surface area contributed by atoms with Crippen molar-refractivity contribution in [3.8, 4) is 5.75 Å². The molecule has 0 radical (unpaired) electrons. The standard InChI is InChI=1S/C22H22N4O5S/c1-15-7-9-20(16(2)11-15)25-32(29,30)22-13-18(26(27)28)8-10-21(22)24-23-14-17-5-4-6-19(12-17)31-3/h4-14,24-25H,1-3H3/b23-14+. The van der Waals surface area contributed by atoms with Crippen molar-refractivity contribution in [2.24, 2.45) is 5.10 Å². The summed E-state index contributed by atoms with van der Waals surface area (Å²) in [6.45, 7) is 3.67. The smallest absolute Gasteiger partial charge is 0.270 e. The summed E-state index contributed by atoms with van der Waals surface area (Å²) in [5, 5.41) is 15.3. The predicted octanol–water partition coefficient (Wildman–Crippen LogP) is 4.47. The minimum atomic E-state index is -4.15. The number of hydrogen-bond acceptors (Lipinski definition) is 7. The molecule has 0 heterocycles. The van der Waals surface area contributed by atoms with Crippen molar-refractivity contribution in [2.45, 2.75) is 18.7 Å². The third kappa shape index (κ3) is 5.41. The molecule has 32 heavy (non-hydrogen) atoms. The second-order valence-corrected chi connectivity index (χ2v) is 8.66. The fourth-order valence-electron chi connectivity index (χ4n) is 2.97. The van der Waals surface area contributed by atoms with E-state index in [1.165, 1.54) is 18.3 Å². The maximum atomic E-state index is 13.1. The van der Waals surface area contributed by atoms with Crippen molar-refractivity contribution in [2.75, 3.05) is 17.3 Å². The Morgan fingerprint density at radius 2 is 1.78 bits per heavy atom. The molecule has 0 spiro atoms. The SMILES string of the molecule is COc1cccc(/C=N/Nc2ccc([N+](=O)[O-])cc2S(=O)(=O)Nc2ccc(C)cc2C)c1. The fraction of sp³-hybridized carbons (Fsp3) is 0.136. The van der Waals surface area contributed by atoms with Gasteiger partial charge < -0.3 is 4.74 Å². The van der Waals surface area contributed by atoms with E-state index in [0.717, 1.165) is 22.8 Å². The molecule has 3 aromatic rings. The highest BCUT2D eigenvalue weighted by atomic mass is 32.2. The van der Waals surface area contributed by atoms with Crippen LogP contribution in [0, 0.1) is 24.0 Å². The molecular formula is C22H22N4O5S. The van der Waals surface area contributed by atoms with Crippen LogP contribution < -0.4 is 14.9 Å². The van der Waals surface area contributed by atoms with Crippen LogP contribution in [-0.2, 0) is 10.0 Å². The normalized spacial score (nSPS) is 11.3. The fourth-order valence-corrected chi connectivity index (χ4v) is 4.27. The van der Waals surface area contributed by atoms with Crippen molar-refractivity contribution >= 4 is 33.3 Å². The van der Waals surface area contributed by atoms with Gasteiger partial charge in [-0.1, -0.05) is 29.8 Å². The van der Waals surface area contributed by atoms with Crippen LogP contribution >= 0.6 is 0 Å². The molecule has 0 unspecified atom stereocenters. The number of non-ortho nitro benzene ring substituents is 1. The quantitative estimate of drug-likeness (QED) is 0.294. The number of benzene rings is 3. The zero-order chi connectivity index (χ0) is 23.3. The van der Waals surface area contributed by atoms with Crippen molar-refractivity contribution in [3.63, 3.8) is 0 Å². The van der Waals surface area contributed by atoms with E-state index in [9.17, 15) is 18.5 Å². The number of hydrogen-bond donors (Lipinski definition) is 2. The van der Waals surface area contributed by atoms with Crippen LogP contribution in [0.3, 0.4) is 0 Å². The maximum Gasteiger partial charge on any atom is 0.270 e. The van der Waals surface area contributed by atoms with Crippen LogP contribution in [0.5, 0.6) is 5.75 Å². The van der Waals surface area contributed by atoms with Crippen LogP contribution in [-0.4, -0.2) is 26.7 Å². The van der Waals surface area contributed by atoms with E-state index in [0.29, 0.717) is 11.4 Å². The molecule has 10 heteroatoms. The monoisotopic (exact) mass is 454 g/mol. The van der Waals surface area contributed by atoms with Crippen LogP contribution in [0.2, 0.25) is 0 Å². The number of anilines is 2. The molecule has 166 valence electrons. The molecule has 0 saturated heterocycles. The molecule has 0 aliphatic carbocycles. The molecule has 2 N–H and O–H groups in total. The summed E-state index contributed by atoms with van der Waals surface area (Å²) in [4.78, 5) is 10.3. The molecule has 0 fully saturated rings. The average molecular weight is 455 g/mol. The molecule has 0 aromatic heterocycles. The number of methoxy groups -OCH3 is 1. The first-order valence-electron chi connectivity index (χ1n) is 9.51. The lowest BCUT2D eigenvalue weighted by Gasteiger charge is -2.14. The Hall–Kier alpha value is -3.92. The summed E-state index contributed by atoms with van der Waals surface area (Å²) in [6.07, 6.45) is 1.48. The molecule has 0 atom stereocenters. The lowest BCUT2D eigenvalue weighted by atomic mass is 10.1. The summed E-state index contributed by atoms with van der Waals surface area (Å²) in [6, 6.07) is 15.9. The van der Waals surface area contributed by atoms with Crippen molar-refractivity contribution in [1.82, 2.24) is 0 Å². The second kappa shape index (κ2) is 9.48. The number of hydrazone groups is 1. The first-order valence-corrected chi connectivity index (χ1v) is 11.0. The number of nitro groups is 1. The van der Waals surface area contributed by atoms with Crippen molar-refractivity contribution in [3.05, 3.63) is 87.5 Å². The number of ether oxygens (including phenoxy) is 1. The van der Waals surface area contributed by atoms with Gasteiger partial charge in [0.15, 0.2) is 0 Å². The third-order valence-corrected chi connectivity index (χ3v) is 5.99. The summed E-state index contributed by atoms with van der Waals surface area (Å²) in [5.74, 6) is 0.644. The van der Waals surface area contributed by atoms with E-state index < -0.39 is 14.9 Å². The highest BCUT2D eigenvalue weighted by Crippen LogP contribution is 2.29. The van der Waals surface area contributed by atoms with Gasteiger partial charge in [-0.25, -0.2) is 8.42 Å². The molecular weight excluding hydrogens is 432 g/mol. The van der Waals surface area contributed by atoms with Gasteiger partial charge in [-0.05, 0) is 49.2 Å². The third-order valence-electron chi connectivity index (χ3n) is 4.58. The largest absolute Gasteiger partial charge is 0.497 e. The number of nitrogens with zero attached hydrogens (tertiary/aromatic N) is 2. The van der Waals surface area contributed by atoms with Gasteiger partial charge in [0.1, 0.15) is 10.6 Å². The number of rotatable bonds is 8. The summed E-state index contributed by atoms with van der Waals surface area (Å²) in [7, 11) is -2.61. The second-order valence-electron chi connectivity index (χ2n) is 7.01. The van der Waals surface area contributed by atoms with Crippen molar-refractivity contribution in [1.29, 1.82) is 0 Å². The highest BCUT2D eigenvalue weighted by molar-refractivity contribution is 7.92. The van der Waals surface area contributed by atoms with Gasteiger partial charge in [0.05, 0.1) is 29.6 Å². The first kappa shape index (κ1) is 22.8. The lowest BCUT2D eigenvalue weighted by molar-refractivity contribution is -0.385. The van der Waals surface area contributed by atoms with E-state index in [1.807, 2.05) is 13.0 Å². The Kier molecular flexibility index (Phi) is 6.74. The average Bonchev–Trinajstić information content (AvgIpc) is 2.76. The first-order chi connectivity index (χ1) is 15.2. The van der Waals surface area contributed by atoms with Gasteiger partial charge in [-0.3, -0.25) is 20.3 Å². The van der Waals surface area contributed by atoms with E-state index in [1.54, 1.807) is 50.4 Å². The zero-order valence-electron chi connectivity index (χ0n) is 17.7. The minimum Gasteiger partial charge on any atom is -0.497 e. The molecule has 3 aromatic carbocycles. The van der Waals surface area contributed by atoms with Crippen LogP contribution in [0.25, 0.3) is 0 Å². The van der Waals surface area contributed by atoms with E-state index in [-0.39, 0.29) is 16.3 Å². The number of sulfonamides is 1. The zero-order valence-corrected chi connectivity index (χ0v) is 18.5. The van der Waals surface area contributed by atoms with Gasteiger partial charge in [-0.15, -0.1) is 0 Å². The van der Waals surface area contributed by atoms with Gasteiger partial charge in [-0.2, -0.15) is 5.10 Å². The number of nitro benzene ring substituents is 1. The summed E-state index contributed by atoms with van der Waals surface area (Å²) in [5.41, 5.74) is 5.21. The highest BCUT2D eigenvalue weighted by Gasteiger charge is 2.23. The molecule has 3 rings (SSSR count). The molecule has 9 nitrogen and oxygen atoms in total. The van der Waals surface area contributed by atoms with Crippen molar-refractivity contribution < 1.29 is 18.1 Å². The van der Waals surface area contributed by atoms with Gasteiger partial charge in [0.2, 0.25) is 0 Å². The predicted molar refractivity (Wildman–Crippen MR) is 124 cm³/mol. The molecule has 0 saturated carbocycles. The van der Waals surface area contributed by atoms with Crippen LogP contribution in [0.4, 0.5) is 17.1 Å². The summed E-state index contributed by atoms with van der Waals surface area (Å²) < 4.78 is 33.9. The van der Waals surface area contributed by atoms with Gasteiger partial charge in [0.25, 0.3) is 15.7 Å². The van der Waals surface area contributed by atoms with E-state index in [4.69, 9.17) is 4.74 Å². The van der Waals surface area contributed by atoms with Crippen LogP contribution in [0.15, 0.2) is 70.7 Å². The Morgan fingerprint density at radius 3 is 2.47 bits per heavy atom. The Labute approximate surface area is 185 Å². The number of nitrogens with one attached hydrogen (secondary N) is 2. The molecule has 0 amide bonds. The van der Waals surface area contributed by atoms with Gasteiger partial charge >= 0.3 is 0 Å². The van der Waals surface area contributed by atoms with Crippen LogP contribution in [0.1, 0.15) is 16.7 Å². The number of aryl methyl sites for hydroxylation is 2. The Balaban J connectivity index is 1.95. The molecule has 0 bridgehead atoms. The molecule has 0 aliphatic rings. The summed E-state index contributed by atoms with van der Waals surface area (Å²) >= 11 is 0. The van der Waals surface area contributed by atoms with E-state index in [2.05, 4.69) is 15.2 Å². The minimum absolute atomic E-state index is 0.0898.